The molecule has 0 N–H and O–H groups in total. The van der Waals surface area contributed by atoms with Gasteiger partial charge >= 0.3 is 0 Å². The number of fused-ring (bicyclic) bond motifs is 11. The van der Waals surface area contributed by atoms with Crippen LogP contribution in [-0.2, 0) is 10.8 Å². The summed E-state index contributed by atoms with van der Waals surface area (Å²) in [6.45, 7) is 9.71. The molecule has 2 aliphatic rings. The Labute approximate surface area is 326 Å². The first-order chi connectivity index (χ1) is 27.3. The summed E-state index contributed by atoms with van der Waals surface area (Å²) >= 11 is 0. The van der Waals surface area contributed by atoms with Gasteiger partial charge in [-0.05, 0) is 116 Å². The largest absolute Gasteiger partial charge is 0.309 e. The van der Waals surface area contributed by atoms with E-state index in [1.54, 1.807) is 0 Å². The van der Waals surface area contributed by atoms with Crippen molar-refractivity contribution in [3.63, 3.8) is 0 Å². The summed E-state index contributed by atoms with van der Waals surface area (Å²) < 4.78 is 5.04. The number of hydrogen-bond acceptors (Lipinski definition) is 0. The molecule has 56 heavy (non-hydrogen) atoms. The molecule has 10 aromatic rings. The Hall–Kier alpha value is -6.64. The van der Waals surface area contributed by atoms with Crippen LogP contribution in [0.5, 0.6) is 0 Å². The van der Waals surface area contributed by atoms with Crippen LogP contribution in [0.3, 0.4) is 0 Å². The Morgan fingerprint density at radius 1 is 0.339 bits per heavy atom. The number of benzene rings is 8. The van der Waals surface area contributed by atoms with Crippen LogP contribution in [0.4, 0.5) is 0 Å². The lowest BCUT2D eigenvalue weighted by atomic mass is 9.72. The molecular formula is C54H40N2. The number of rotatable bonds is 3. The van der Waals surface area contributed by atoms with Crippen LogP contribution in [-0.4, -0.2) is 9.13 Å². The first-order valence-corrected chi connectivity index (χ1v) is 19.9. The number of nitrogens with zero attached hydrogens (tertiary/aromatic N) is 2. The van der Waals surface area contributed by atoms with Crippen molar-refractivity contribution in [1.82, 2.24) is 9.13 Å². The van der Waals surface area contributed by atoms with Crippen LogP contribution in [0, 0.1) is 0 Å². The highest BCUT2D eigenvalue weighted by atomic mass is 15.0. The van der Waals surface area contributed by atoms with Crippen LogP contribution in [0.2, 0.25) is 0 Å². The maximum absolute atomic E-state index is 2.59. The molecular weight excluding hydrogens is 677 g/mol. The van der Waals surface area contributed by atoms with E-state index >= 15 is 0 Å². The third-order valence-electron chi connectivity index (χ3n) is 13.3. The van der Waals surface area contributed by atoms with Crippen molar-refractivity contribution in [3.8, 4) is 44.8 Å². The molecule has 12 rings (SSSR count). The molecule has 0 fully saturated rings. The third kappa shape index (κ3) is 4.11. The van der Waals surface area contributed by atoms with E-state index in [0.29, 0.717) is 0 Å². The average molecular weight is 717 g/mol. The topological polar surface area (TPSA) is 9.86 Å². The van der Waals surface area contributed by atoms with Gasteiger partial charge in [-0.3, -0.25) is 0 Å². The Kier molecular flexibility index (Phi) is 6.22. The fourth-order valence-corrected chi connectivity index (χ4v) is 10.4. The standard InChI is InChI=1S/C54H40N2/c1-53(2)44-30-37(55-48-21-13-11-19-39(48)40-20-12-14-22-49(40)55)24-25-38(44)41-31-46-51(32-45(41)53)56-50-26-23-35(33-15-7-5-8-16-33)27-42(50)43-28-36(34-17-9-6-10-18-34)29-47(52(43)56)54(46,3)4/h5-32H,1-4H3. The van der Waals surface area contributed by atoms with Gasteiger partial charge in [0.1, 0.15) is 0 Å². The highest BCUT2D eigenvalue weighted by Crippen LogP contribution is 2.56. The van der Waals surface area contributed by atoms with E-state index in [9.17, 15) is 0 Å². The molecule has 3 heterocycles. The van der Waals surface area contributed by atoms with Gasteiger partial charge in [0.05, 0.1) is 27.8 Å². The Morgan fingerprint density at radius 3 is 1.61 bits per heavy atom. The molecule has 0 radical (unpaired) electrons. The van der Waals surface area contributed by atoms with Crippen molar-refractivity contribution in [2.45, 2.75) is 38.5 Å². The van der Waals surface area contributed by atoms with E-state index in [1.165, 1.54) is 111 Å². The van der Waals surface area contributed by atoms with Gasteiger partial charge in [0.25, 0.3) is 0 Å². The summed E-state index contributed by atoms with van der Waals surface area (Å²) in [5, 5.41) is 5.18. The Morgan fingerprint density at radius 2 is 0.911 bits per heavy atom. The minimum Gasteiger partial charge on any atom is -0.309 e. The molecule has 2 nitrogen and oxygen atoms in total. The van der Waals surface area contributed by atoms with Crippen LogP contribution >= 0.6 is 0 Å². The summed E-state index contributed by atoms with van der Waals surface area (Å²) in [7, 11) is 0. The second-order valence-corrected chi connectivity index (χ2v) is 17.0. The van der Waals surface area contributed by atoms with E-state index in [4.69, 9.17) is 0 Å². The predicted octanol–water partition coefficient (Wildman–Crippen LogP) is 14.2. The molecule has 0 spiro atoms. The molecule has 2 aromatic heterocycles. The average Bonchev–Trinajstić information content (AvgIpc) is 3.83. The second kappa shape index (κ2) is 11.0. The monoisotopic (exact) mass is 716 g/mol. The SMILES string of the molecule is CC1(C)c2cc(-n3c4ccccc4c4ccccc43)ccc2-c2cc3c(cc21)-n1c2ccc(-c4ccccc4)cc2c2cc(-c4ccccc4)cc(c21)C3(C)C. The van der Waals surface area contributed by atoms with Gasteiger partial charge in [-0.1, -0.05) is 137 Å². The zero-order valence-corrected chi connectivity index (χ0v) is 32.1. The highest BCUT2D eigenvalue weighted by Gasteiger charge is 2.42. The smallest absolute Gasteiger partial charge is 0.0582 e. The van der Waals surface area contributed by atoms with Gasteiger partial charge in [-0.2, -0.15) is 0 Å². The normalized spacial score (nSPS) is 14.7. The van der Waals surface area contributed by atoms with Crippen molar-refractivity contribution in [2.24, 2.45) is 0 Å². The van der Waals surface area contributed by atoms with E-state index in [1.807, 2.05) is 0 Å². The molecule has 266 valence electrons. The van der Waals surface area contributed by atoms with Crippen LogP contribution in [0.15, 0.2) is 170 Å². The minimum atomic E-state index is -0.240. The Bertz CT molecular complexity index is 3230. The number of aromatic nitrogens is 2. The van der Waals surface area contributed by atoms with Crippen molar-refractivity contribution < 1.29 is 0 Å². The van der Waals surface area contributed by atoms with Gasteiger partial charge in [0, 0.05) is 38.1 Å². The first kappa shape index (κ1) is 31.7. The first-order valence-electron chi connectivity index (χ1n) is 19.9. The molecule has 0 saturated heterocycles. The molecule has 0 atom stereocenters. The van der Waals surface area contributed by atoms with Crippen LogP contribution in [0.25, 0.3) is 88.4 Å². The zero-order chi connectivity index (χ0) is 37.5. The lowest BCUT2D eigenvalue weighted by Crippen LogP contribution is -2.27. The molecule has 0 saturated carbocycles. The van der Waals surface area contributed by atoms with Gasteiger partial charge in [-0.25, -0.2) is 0 Å². The maximum atomic E-state index is 2.59. The molecule has 0 amide bonds. The van der Waals surface area contributed by atoms with Crippen molar-refractivity contribution in [3.05, 3.63) is 192 Å². The molecule has 0 bridgehead atoms. The fourth-order valence-electron chi connectivity index (χ4n) is 10.4. The molecule has 8 aromatic carbocycles. The molecule has 1 aliphatic carbocycles. The van der Waals surface area contributed by atoms with Gasteiger partial charge in [0.2, 0.25) is 0 Å². The summed E-state index contributed by atoms with van der Waals surface area (Å²) in [6, 6.07) is 63.6. The van der Waals surface area contributed by atoms with Gasteiger partial charge < -0.3 is 9.13 Å². The maximum Gasteiger partial charge on any atom is 0.0582 e. The summed E-state index contributed by atoms with van der Waals surface area (Å²) in [5.41, 5.74) is 20.3. The van der Waals surface area contributed by atoms with E-state index in [2.05, 4.69) is 207 Å². The highest BCUT2D eigenvalue weighted by molar-refractivity contribution is 6.14. The fraction of sp³-hybridized carbons (Fsp3) is 0.111. The Balaban J connectivity index is 1.11. The van der Waals surface area contributed by atoms with Crippen molar-refractivity contribution >= 4 is 43.6 Å². The third-order valence-corrected chi connectivity index (χ3v) is 13.3. The predicted molar refractivity (Wildman–Crippen MR) is 236 cm³/mol. The van der Waals surface area contributed by atoms with Gasteiger partial charge in [-0.15, -0.1) is 0 Å². The van der Waals surface area contributed by atoms with Crippen molar-refractivity contribution in [1.29, 1.82) is 0 Å². The minimum absolute atomic E-state index is 0.196. The van der Waals surface area contributed by atoms with Gasteiger partial charge in [0.15, 0.2) is 0 Å². The number of hydrogen-bond donors (Lipinski definition) is 0. The quantitative estimate of drug-likeness (QED) is 0.172. The molecule has 1 aliphatic heterocycles. The zero-order valence-electron chi connectivity index (χ0n) is 32.1. The summed E-state index contributed by atoms with van der Waals surface area (Å²) in [6.07, 6.45) is 0. The van der Waals surface area contributed by atoms with E-state index < -0.39 is 0 Å². The summed E-state index contributed by atoms with van der Waals surface area (Å²) in [5.74, 6) is 0. The lowest BCUT2D eigenvalue weighted by molar-refractivity contribution is 0.625. The lowest BCUT2D eigenvalue weighted by Gasteiger charge is -2.36. The van der Waals surface area contributed by atoms with Crippen LogP contribution in [0.1, 0.15) is 49.9 Å². The molecule has 2 heteroatoms. The summed E-state index contributed by atoms with van der Waals surface area (Å²) in [4.78, 5) is 0. The van der Waals surface area contributed by atoms with E-state index in [-0.39, 0.29) is 10.8 Å². The van der Waals surface area contributed by atoms with E-state index in [0.717, 1.165) is 0 Å². The van der Waals surface area contributed by atoms with Crippen LogP contribution < -0.4 is 0 Å². The second-order valence-electron chi connectivity index (χ2n) is 17.0. The van der Waals surface area contributed by atoms with Crippen molar-refractivity contribution in [2.75, 3.05) is 0 Å². The number of para-hydroxylation sites is 2. The molecule has 0 unspecified atom stereocenters.